The monoisotopic (exact) mass is 309 g/mol. The Morgan fingerprint density at radius 1 is 1.38 bits per heavy atom. The zero-order chi connectivity index (χ0) is 15.2. The number of benzene rings is 1. The largest absolute Gasteiger partial charge is 0.343 e. The summed E-state index contributed by atoms with van der Waals surface area (Å²) in [6.45, 7) is 8.80. The van der Waals surface area contributed by atoms with Crippen LogP contribution in [0, 0.1) is 5.92 Å². The highest BCUT2D eigenvalue weighted by Crippen LogP contribution is 2.13. The second-order valence-corrected chi connectivity index (χ2v) is 6.30. The van der Waals surface area contributed by atoms with Crippen LogP contribution in [0.15, 0.2) is 24.3 Å². The van der Waals surface area contributed by atoms with E-state index in [-0.39, 0.29) is 5.92 Å². The van der Waals surface area contributed by atoms with Crippen molar-refractivity contribution in [2.24, 2.45) is 5.92 Å². The summed E-state index contributed by atoms with van der Waals surface area (Å²) >= 11 is 6.05. The topological polar surface area (TPSA) is 24.8 Å². The SMILES string of the molecule is CCN(CC)C(=O)[C@H]1CCC[NH+](Cc2cccc(Cl)c2)C1. The van der Waals surface area contributed by atoms with Gasteiger partial charge in [0.25, 0.3) is 0 Å². The number of halogens is 1. The number of hydrogen-bond donors (Lipinski definition) is 1. The van der Waals surface area contributed by atoms with E-state index in [4.69, 9.17) is 11.6 Å². The fourth-order valence-corrected chi connectivity index (χ4v) is 3.46. The maximum atomic E-state index is 12.5. The molecule has 1 amide bonds. The number of nitrogens with one attached hydrogen (secondary N) is 1. The predicted molar refractivity (Wildman–Crippen MR) is 86.5 cm³/mol. The first-order valence-corrected chi connectivity index (χ1v) is 8.38. The second kappa shape index (κ2) is 7.81. The van der Waals surface area contributed by atoms with E-state index in [1.54, 1.807) is 0 Å². The number of hydrogen-bond acceptors (Lipinski definition) is 1. The summed E-state index contributed by atoms with van der Waals surface area (Å²) < 4.78 is 0. The third-order valence-electron chi connectivity index (χ3n) is 4.39. The van der Waals surface area contributed by atoms with Gasteiger partial charge < -0.3 is 9.80 Å². The molecule has 2 rings (SSSR count). The van der Waals surface area contributed by atoms with E-state index >= 15 is 0 Å². The van der Waals surface area contributed by atoms with Crippen LogP contribution < -0.4 is 4.90 Å². The number of carbonyl (C=O) groups is 1. The number of nitrogens with zero attached hydrogens (tertiary/aromatic N) is 1. The van der Waals surface area contributed by atoms with E-state index in [0.29, 0.717) is 5.91 Å². The average molecular weight is 310 g/mol. The van der Waals surface area contributed by atoms with Gasteiger partial charge in [0.1, 0.15) is 6.54 Å². The fourth-order valence-electron chi connectivity index (χ4n) is 3.25. The Labute approximate surface area is 132 Å². The van der Waals surface area contributed by atoms with Gasteiger partial charge in [0.05, 0.1) is 19.0 Å². The normalized spacial score (nSPS) is 22.0. The molecule has 1 fully saturated rings. The molecule has 1 saturated heterocycles. The Morgan fingerprint density at radius 2 is 2.14 bits per heavy atom. The Morgan fingerprint density at radius 3 is 2.81 bits per heavy atom. The first-order chi connectivity index (χ1) is 10.1. The van der Waals surface area contributed by atoms with Gasteiger partial charge >= 0.3 is 0 Å². The summed E-state index contributed by atoms with van der Waals surface area (Å²) in [5, 5.41) is 0.791. The highest BCUT2D eigenvalue weighted by molar-refractivity contribution is 6.30. The maximum absolute atomic E-state index is 12.5. The summed E-state index contributed by atoms with van der Waals surface area (Å²) in [4.78, 5) is 16.0. The number of piperidine rings is 1. The van der Waals surface area contributed by atoms with E-state index in [9.17, 15) is 4.79 Å². The molecule has 21 heavy (non-hydrogen) atoms. The Kier molecular flexibility index (Phi) is 6.07. The third kappa shape index (κ3) is 4.45. The van der Waals surface area contributed by atoms with Crippen molar-refractivity contribution in [3.8, 4) is 0 Å². The van der Waals surface area contributed by atoms with Gasteiger partial charge in [-0.1, -0.05) is 23.7 Å². The van der Waals surface area contributed by atoms with Gasteiger partial charge in [0.2, 0.25) is 5.91 Å². The van der Waals surface area contributed by atoms with Crippen molar-refractivity contribution in [2.45, 2.75) is 33.2 Å². The van der Waals surface area contributed by atoms with Gasteiger partial charge in [-0.2, -0.15) is 0 Å². The molecular weight excluding hydrogens is 284 g/mol. The molecule has 0 aromatic heterocycles. The molecule has 0 radical (unpaired) electrons. The van der Waals surface area contributed by atoms with Crippen LogP contribution in [0.25, 0.3) is 0 Å². The molecule has 1 aromatic carbocycles. The minimum Gasteiger partial charge on any atom is -0.343 e. The molecule has 1 aromatic rings. The van der Waals surface area contributed by atoms with Crippen LogP contribution >= 0.6 is 11.6 Å². The van der Waals surface area contributed by atoms with Gasteiger partial charge in [0, 0.05) is 23.7 Å². The number of amides is 1. The van der Waals surface area contributed by atoms with Gasteiger partial charge in [-0.3, -0.25) is 4.79 Å². The quantitative estimate of drug-likeness (QED) is 0.884. The smallest absolute Gasteiger partial charge is 0.231 e. The first kappa shape index (κ1) is 16.3. The fraction of sp³-hybridized carbons (Fsp3) is 0.588. The van der Waals surface area contributed by atoms with Crippen molar-refractivity contribution in [1.82, 2.24) is 4.90 Å². The van der Waals surface area contributed by atoms with Crippen molar-refractivity contribution < 1.29 is 9.69 Å². The molecule has 0 saturated carbocycles. The van der Waals surface area contributed by atoms with Gasteiger partial charge in [0.15, 0.2) is 0 Å². The van der Waals surface area contributed by atoms with Crippen LogP contribution in [-0.2, 0) is 11.3 Å². The lowest BCUT2D eigenvalue weighted by molar-refractivity contribution is -0.921. The Balaban J connectivity index is 1.96. The first-order valence-electron chi connectivity index (χ1n) is 8.00. The van der Waals surface area contributed by atoms with Crippen LogP contribution in [0.5, 0.6) is 0 Å². The molecule has 4 heteroatoms. The molecule has 3 nitrogen and oxygen atoms in total. The van der Waals surface area contributed by atoms with Gasteiger partial charge in [-0.25, -0.2) is 0 Å². The van der Waals surface area contributed by atoms with Crippen molar-refractivity contribution in [1.29, 1.82) is 0 Å². The van der Waals surface area contributed by atoms with E-state index in [2.05, 4.69) is 19.9 Å². The Hall–Kier alpha value is -1.06. The lowest BCUT2D eigenvalue weighted by atomic mass is 9.96. The van der Waals surface area contributed by atoms with Crippen molar-refractivity contribution in [3.63, 3.8) is 0 Å². The van der Waals surface area contributed by atoms with Crippen LogP contribution in [0.2, 0.25) is 5.02 Å². The van der Waals surface area contributed by atoms with Gasteiger partial charge in [-0.05, 0) is 38.8 Å². The highest BCUT2D eigenvalue weighted by atomic mass is 35.5. The van der Waals surface area contributed by atoms with Crippen LogP contribution in [-0.4, -0.2) is 37.0 Å². The van der Waals surface area contributed by atoms with Crippen molar-refractivity contribution >= 4 is 17.5 Å². The number of carbonyl (C=O) groups excluding carboxylic acids is 1. The summed E-state index contributed by atoms with van der Waals surface area (Å²) in [6, 6.07) is 8.06. The lowest BCUT2D eigenvalue weighted by Crippen LogP contribution is -3.12. The number of likely N-dealkylation sites (tertiary alicyclic amines) is 1. The molecule has 0 spiro atoms. The number of quaternary nitrogens is 1. The predicted octanol–water partition coefficient (Wildman–Crippen LogP) is 2.00. The maximum Gasteiger partial charge on any atom is 0.231 e. The second-order valence-electron chi connectivity index (χ2n) is 5.86. The molecule has 116 valence electrons. The average Bonchev–Trinajstić information content (AvgIpc) is 2.48. The summed E-state index contributed by atoms with van der Waals surface area (Å²) in [5.74, 6) is 0.524. The summed E-state index contributed by atoms with van der Waals surface area (Å²) in [7, 11) is 0. The molecule has 1 aliphatic heterocycles. The zero-order valence-electron chi connectivity index (χ0n) is 13.1. The summed E-state index contributed by atoms with van der Waals surface area (Å²) in [6.07, 6.45) is 2.17. The summed E-state index contributed by atoms with van der Waals surface area (Å²) in [5.41, 5.74) is 1.26. The van der Waals surface area contributed by atoms with E-state index in [0.717, 1.165) is 50.6 Å². The van der Waals surface area contributed by atoms with E-state index in [1.165, 1.54) is 10.5 Å². The van der Waals surface area contributed by atoms with Gasteiger partial charge in [-0.15, -0.1) is 0 Å². The van der Waals surface area contributed by atoms with Crippen LogP contribution in [0.1, 0.15) is 32.3 Å². The minimum atomic E-state index is 0.188. The zero-order valence-corrected chi connectivity index (χ0v) is 13.8. The molecule has 0 aliphatic carbocycles. The number of rotatable bonds is 5. The van der Waals surface area contributed by atoms with E-state index in [1.807, 2.05) is 23.1 Å². The van der Waals surface area contributed by atoms with Crippen LogP contribution in [0.4, 0.5) is 0 Å². The molecule has 2 atom stereocenters. The molecule has 1 unspecified atom stereocenters. The highest BCUT2D eigenvalue weighted by Gasteiger charge is 2.30. The van der Waals surface area contributed by atoms with E-state index < -0.39 is 0 Å². The molecule has 1 N–H and O–H groups in total. The lowest BCUT2D eigenvalue weighted by Gasteiger charge is -2.32. The molecule has 1 heterocycles. The minimum absolute atomic E-state index is 0.188. The standard InChI is InChI=1S/C17H25ClN2O/c1-3-20(4-2)17(21)15-8-6-10-19(13-15)12-14-7-5-9-16(18)11-14/h5,7,9,11,15H,3-4,6,8,10,12-13H2,1-2H3/p+1/t15-/m0/s1. The Bertz CT molecular complexity index is 474. The molecular formula is C17H26ClN2O+. The van der Waals surface area contributed by atoms with Crippen molar-refractivity contribution in [2.75, 3.05) is 26.2 Å². The molecule has 1 aliphatic rings. The molecule has 0 bridgehead atoms. The van der Waals surface area contributed by atoms with Crippen LogP contribution in [0.3, 0.4) is 0 Å². The van der Waals surface area contributed by atoms with Crippen molar-refractivity contribution in [3.05, 3.63) is 34.9 Å². The third-order valence-corrected chi connectivity index (χ3v) is 4.62.